The molecule has 82 valence electrons. The van der Waals surface area contributed by atoms with Crippen LogP contribution in [-0.2, 0) is 4.74 Å². The van der Waals surface area contributed by atoms with Gasteiger partial charge in [-0.15, -0.1) is 0 Å². The normalized spacial score (nSPS) is 11.9. The maximum atomic E-state index is 10.4. The van der Waals surface area contributed by atoms with E-state index >= 15 is 0 Å². The zero-order chi connectivity index (χ0) is 11.3. The van der Waals surface area contributed by atoms with Gasteiger partial charge in [-0.3, -0.25) is 0 Å². The van der Waals surface area contributed by atoms with Crippen molar-refractivity contribution in [2.24, 2.45) is 5.73 Å². The molecule has 1 amide bonds. The Bertz CT molecular complexity index is 346. The van der Waals surface area contributed by atoms with Crippen LogP contribution >= 0.6 is 15.9 Å². The third-order valence-corrected chi connectivity index (χ3v) is 1.97. The molecule has 15 heavy (non-hydrogen) atoms. The maximum absolute atomic E-state index is 10.4. The Morgan fingerprint density at radius 1 is 1.73 bits per heavy atom. The van der Waals surface area contributed by atoms with Crippen LogP contribution in [0.3, 0.4) is 0 Å². The summed E-state index contributed by atoms with van der Waals surface area (Å²) in [7, 11) is 0. The highest BCUT2D eigenvalue weighted by Crippen LogP contribution is 2.14. The number of nitrogens with zero attached hydrogens (tertiary/aromatic N) is 1. The van der Waals surface area contributed by atoms with Crippen LogP contribution in [0.25, 0.3) is 0 Å². The summed E-state index contributed by atoms with van der Waals surface area (Å²) in [5.41, 5.74) is 4.85. The van der Waals surface area contributed by atoms with Crippen molar-refractivity contribution in [3.8, 4) is 5.88 Å². The van der Waals surface area contributed by atoms with Gasteiger partial charge in [0.15, 0.2) is 0 Å². The van der Waals surface area contributed by atoms with E-state index in [-0.39, 0.29) is 6.61 Å². The fourth-order valence-corrected chi connectivity index (χ4v) is 1.21. The predicted molar refractivity (Wildman–Crippen MR) is 57.6 cm³/mol. The standard InChI is InChI=1S/C9H11BrN2O3/c1-6(15-9(11)13)5-14-8-4-7(10)2-3-12-8/h2-4,6H,5H2,1H3,(H2,11,13)/t6-/m0/s1. The molecule has 0 spiro atoms. The van der Waals surface area contributed by atoms with Crippen molar-refractivity contribution in [3.63, 3.8) is 0 Å². The number of rotatable bonds is 4. The summed E-state index contributed by atoms with van der Waals surface area (Å²) in [6.07, 6.45) is 0.399. The summed E-state index contributed by atoms with van der Waals surface area (Å²) in [6, 6.07) is 3.51. The minimum atomic E-state index is -0.812. The second kappa shape index (κ2) is 5.55. The molecular formula is C9H11BrN2O3. The molecule has 6 heteroatoms. The van der Waals surface area contributed by atoms with Crippen molar-refractivity contribution >= 4 is 22.0 Å². The summed E-state index contributed by atoms with van der Waals surface area (Å²) in [5, 5.41) is 0. The zero-order valence-electron chi connectivity index (χ0n) is 8.14. The lowest BCUT2D eigenvalue weighted by molar-refractivity contribution is 0.0808. The monoisotopic (exact) mass is 274 g/mol. The van der Waals surface area contributed by atoms with Crippen LogP contribution < -0.4 is 10.5 Å². The van der Waals surface area contributed by atoms with Crippen LogP contribution in [0.1, 0.15) is 6.92 Å². The van der Waals surface area contributed by atoms with Gasteiger partial charge in [0.2, 0.25) is 5.88 Å². The van der Waals surface area contributed by atoms with Crippen LogP contribution in [0.2, 0.25) is 0 Å². The van der Waals surface area contributed by atoms with Crippen molar-refractivity contribution in [1.82, 2.24) is 4.98 Å². The van der Waals surface area contributed by atoms with E-state index in [1.54, 1.807) is 25.3 Å². The molecule has 2 N–H and O–H groups in total. The first-order chi connectivity index (χ1) is 7.08. The number of carbonyl (C=O) groups is 1. The van der Waals surface area contributed by atoms with Crippen molar-refractivity contribution in [3.05, 3.63) is 22.8 Å². The molecule has 0 saturated carbocycles. The van der Waals surface area contributed by atoms with Crippen molar-refractivity contribution < 1.29 is 14.3 Å². The molecule has 0 fully saturated rings. The van der Waals surface area contributed by atoms with Crippen LogP contribution in [0.4, 0.5) is 4.79 Å². The number of nitrogens with two attached hydrogens (primary N) is 1. The minimum absolute atomic E-state index is 0.215. The van der Waals surface area contributed by atoms with Crippen molar-refractivity contribution in [2.75, 3.05) is 6.61 Å². The van der Waals surface area contributed by atoms with E-state index in [0.717, 1.165) is 4.47 Å². The molecule has 1 aromatic heterocycles. The molecule has 0 aliphatic heterocycles. The molecule has 0 radical (unpaired) electrons. The first kappa shape index (κ1) is 11.8. The van der Waals surface area contributed by atoms with E-state index in [0.29, 0.717) is 5.88 Å². The van der Waals surface area contributed by atoms with E-state index in [1.165, 1.54) is 0 Å². The van der Waals surface area contributed by atoms with Crippen molar-refractivity contribution in [1.29, 1.82) is 0 Å². The van der Waals surface area contributed by atoms with Gasteiger partial charge in [0, 0.05) is 16.7 Å². The molecule has 0 bridgehead atoms. The molecule has 1 heterocycles. The van der Waals surface area contributed by atoms with Crippen LogP contribution in [-0.4, -0.2) is 23.8 Å². The molecule has 1 aromatic rings. The quantitative estimate of drug-likeness (QED) is 0.907. The third-order valence-electron chi connectivity index (χ3n) is 1.48. The van der Waals surface area contributed by atoms with E-state index < -0.39 is 12.2 Å². The van der Waals surface area contributed by atoms with Gasteiger partial charge in [-0.25, -0.2) is 9.78 Å². The maximum Gasteiger partial charge on any atom is 0.404 e. The van der Waals surface area contributed by atoms with Crippen molar-refractivity contribution in [2.45, 2.75) is 13.0 Å². The Morgan fingerprint density at radius 3 is 3.07 bits per heavy atom. The third kappa shape index (κ3) is 4.64. The lowest BCUT2D eigenvalue weighted by Gasteiger charge is -2.11. The number of hydrogen-bond donors (Lipinski definition) is 1. The highest BCUT2D eigenvalue weighted by atomic mass is 79.9. The fourth-order valence-electron chi connectivity index (χ4n) is 0.899. The summed E-state index contributed by atoms with van der Waals surface area (Å²) >= 11 is 3.28. The molecule has 0 saturated heterocycles. The van der Waals surface area contributed by atoms with Gasteiger partial charge >= 0.3 is 6.09 Å². The number of pyridine rings is 1. The molecule has 0 aliphatic carbocycles. The second-order valence-electron chi connectivity index (χ2n) is 2.87. The average molecular weight is 275 g/mol. The Balaban J connectivity index is 2.40. The topological polar surface area (TPSA) is 74.4 Å². The summed E-state index contributed by atoms with van der Waals surface area (Å²) < 4.78 is 10.8. The summed E-state index contributed by atoms with van der Waals surface area (Å²) in [5.74, 6) is 0.462. The lowest BCUT2D eigenvalue weighted by Crippen LogP contribution is -2.25. The number of ether oxygens (including phenoxy) is 2. The first-order valence-electron chi connectivity index (χ1n) is 4.28. The molecule has 0 aromatic carbocycles. The number of hydrogen-bond acceptors (Lipinski definition) is 4. The highest BCUT2D eigenvalue weighted by molar-refractivity contribution is 9.10. The Hall–Kier alpha value is -1.30. The number of primary amides is 1. The smallest absolute Gasteiger partial charge is 0.404 e. The number of amides is 1. The number of aromatic nitrogens is 1. The first-order valence-corrected chi connectivity index (χ1v) is 5.07. The van der Waals surface area contributed by atoms with Gasteiger partial charge in [-0.05, 0) is 13.0 Å². The van der Waals surface area contributed by atoms with E-state index in [1.807, 2.05) is 0 Å². The molecule has 0 aliphatic rings. The highest BCUT2D eigenvalue weighted by Gasteiger charge is 2.07. The van der Waals surface area contributed by atoms with Gasteiger partial charge in [0.1, 0.15) is 12.7 Å². The van der Waals surface area contributed by atoms with Gasteiger partial charge in [0.05, 0.1) is 0 Å². The second-order valence-corrected chi connectivity index (χ2v) is 3.79. The summed E-state index contributed by atoms with van der Waals surface area (Å²) in [6.45, 7) is 1.90. The van der Waals surface area contributed by atoms with Crippen LogP contribution in [0.5, 0.6) is 5.88 Å². The lowest BCUT2D eigenvalue weighted by atomic mass is 10.4. The Kier molecular flexibility index (Phi) is 4.36. The van der Waals surface area contributed by atoms with E-state index in [2.05, 4.69) is 25.7 Å². The molecule has 1 rings (SSSR count). The SMILES string of the molecule is C[C@@H](COc1cc(Br)ccn1)OC(N)=O. The Labute approximate surface area is 95.7 Å². The predicted octanol–water partition coefficient (Wildman–Crippen LogP) is 1.71. The Morgan fingerprint density at radius 2 is 2.47 bits per heavy atom. The zero-order valence-corrected chi connectivity index (χ0v) is 9.73. The number of halogens is 1. The summed E-state index contributed by atoms with van der Waals surface area (Å²) in [4.78, 5) is 14.4. The largest absolute Gasteiger partial charge is 0.474 e. The molecular weight excluding hydrogens is 264 g/mol. The van der Waals surface area contributed by atoms with E-state index in [9.17, 15) is 4.79 Å². The molecule has 1 atom stereocenters. The number of carbonyl (C=O) groups excluding carboxylic acids is 1. The fraction of sp³-hybridized carbons (Fsp3) is 0.333. The van der Waals surface area contributed by atoms with Gasteiger partial charge in [-0.1, -0.05) is 15.9 Å². The average Bonchev–Trinajstić information content (AvgIpc) is 2.14. The molecule has 0 unspecified atom stereocenters. The van der Waals surface area contributed by atoms with Gasteiger partial charge in [0.25, 0.3) is 0 Å². The van der Waals surface area contributed by atoms with E-state index in [4.69, 9.17) is 10.5 Å². The van der Waals surface area contributed by atoms with Gasteiger partial charge < -0.3 is 15.2 Å². The van der Waals surface area contributed by atoms with Crippen LogP contribution in [0, 0.1) is 0 Å². The van der Waals surface area contributed by atoms with Crippen LogP contribution in [0.15, 0.2) is 22.8 Å². The molecule has 5 nitrogen and oxygen atoms in total. The van der Waals surface area contributed by atoms with Gasteiger partial charge in [-0.2, -0.15) is 0 Å². The minimum Gasteiger partial charge on any atom is -0.474 e.